The highest BCUT2D eigenvalue weighted by molar-refractivity contribution is 6.03. The van der Waals surface area contributed by atoms with Crippen molar-refractivity contribution in [2.24, 2.45) is 0 Å². The Kier molecular flexibility index (Phi) is 3.37. The van der Waals surface area contributed by atoms with Gasteiger partial charge in [0.05, 0.1) is 5.69 Å². The molecule has 0 fully saturated rings. The lowest BCUT2D eigenvalue weighted by Gasteiger charge is -2.12. The molecular weight excluding hydrogens is 228 g/mol. The van der Waals surface area contributed by atoms with Gasteiger partial charge in [-0.2, -0.15) is 0 Å². The van der Waals surface area contributed by atoms with Gasteiger partial charge in [0.15, 0.2) is 0 Å². The lowest BCUT2D eigenvalue weighted by molar-refractivity contribution is -0.114. The minimum absolute atomic E-state index is 0.0995. The van der Waals surface area contributed by atoms with E-state index in [0.717, 1.165) is 23.0 Å². The molecular formula is C14H16N2O2. The summed E-state index contributed by atoms with van der Waals surface area (Å²) in [7, 11) is 0. The minimum Gasteiger partial charge on any atom is -0.505 e. The van der Waals surface area contributed by atoms with Gasteiger partial charge < -0.3 is 15.7 Å². The van der Waals surface area contributed by atoms with Crippen LogP contribution in [0.1, 0.15) is 13.8 Å². The van der Waals surface area contributed by atoms with E-state index in [1.807, 2.05) is 31.2 Å². The molecule has 0 bridgehead atoms. The van der Waals surface area contributed by atoms with Crippen LogP contribution in [0.5, 0.6) is 5.75 Å². The number of hydrogen-bond donors (Lipinski definition) is 3. The number of hydrogen-bond acceptors (Lipinski definition) is 3. The maximum absolute atomic E-state index is 11.0. The van der Waals surface area contributed by atoms with Gasteiger partial charge in [0.2, 0.25) is 5.91 Å². The second-order valence-corrected chi connectivity index (χ2v) is 4.07. The van der Waals surface area contributed by atoms with Crippen molar-refractivity contribution >= 4 is 28.1 Å². The molecule has 4 nitrogen and oxygen atoms in total. The van der Waals surface area contributed by atoms with E-state index in [2.05, 4.69) is 10.6 Å². The van der Waals surface area contributed by atoms with Crippen molar-refractivity contribution in [1.82, 2.24) is 0 Å². The average Bonchev–Trinajstić information content (AvgIpc) is 2.33. The van der Waals surface area contributed by atoms with Gasteiger partial charge in [-0.3, -0.25) is 4.79 Å². The fourth-order valence-corrected chi connectivity index (χ4v) is 1.98. The van der Waals surface area contributed by atoms with Crippen LogP contribution >= 0.6 is 0 Å². The number of aromatic hydroxyl groups is 1. The average molecular weight is 244 g/mol. The normalized spacial score (nSPS) is 10.3. The molecule has 1 amide bonds. The Bertz CT molecular complexity index is 594. The van der Waals surface area contributed by atoms with Crippen LogP contribution in [0.25, 0.3) is 10.8 Å². The van der Waals surface area contributed by atoms with Gasteiger partial charge in [0, 0.05) is 29.9 Å². The van der Waals surface area contributed by atoms with E-state index in [-0.39, 0.29) is 11.7 Å². The Labute approximate surface area is 106 Å². The first-order valence-corrected chi connectivity index (χ1v) is 5.89. The summed E-state index contributed by atoms with van der Waals surface area (Å²) >= 11 is 0. The predicted molar refractivity (Wildman–Crippen MR) is 74.1 cm³/mol. The highest BCUT2D eigenvalue weighted by Crippen LogP contribution is 2.35. The number of carbonyl (C=O) groups excluding carboxylic acids is 1. The molecule has 0 heterocycles. The van der Waals surface area contributed by atoms with Gasteiger partial charge in [-0.15, -0.1) is 0 Å². The van der Waals surface area contributed by atoms with Crippen molar-refractivity contribution in [3.8, 4) is 5.75 Å². The zero-order chi connectivity index (χ0) is 13.1. The first-order chi connectivity index (χ1) is 8.63. The summed E-state index contributed by atoms with van der Waals surface area (Å²) in [5.41, 5.74) is 1.41. The Balaban J connectivity index is 2.57. The topological polar surface area (TPSA) is 61.4 Å². The Morgan fingerprint density at radius 1 is 1.17 bits per heavy atom. The van der Waals surface area contributed by atoms with E-state index in [1.165, 1.54) is 6.92 Å². The van der Waals surface area contributed by atoms with Gasteiger partial charge >= 0.3 is 0 Å². The fourth-order valence-electron chi connectivity index (χ4n) is 1.98. The third-order valence-electron chi connectivity index (χ3n) is 2.71. The summed E-state index contributed by atoms with van der Waals surface area (Å²) in [6, 6.07) is 9.26. The molecule has 0 unspecified atom stereocenters. The molecule has 0 aliphatic carbocycles. The molecule has 0 saturated heterocycles. The van der Waals surface area contributed by atoms with Crippen LogP contribution < -0.4 is 10.6 Å². The van der Waals surface area contributed by atoms with E-state index >= 15 is 0 Å². The van der Waals surface area contributed by atoms with Crippen LogP contribution in [0, 0.1) is 0 Å². The number of nitrogens with one attached hydrogen (secondary N) is 2. The molecule has 0 spiro atoms. The number of fused-ring (bicyclic) bond motifs is 1. The molecule has 0 aliphatic rings. The Morgan fingerprint density at radius 2 is 1.94 bits per heavy atom. The molecule has 0 aliphatic heterocycles. The number of rotatable bonds is 3. The molecule has 2 aromatic carbocycles. The third-order valence-corrected chi connectivity index (χ3v) is 2.71. The van der Waals surface area contributed by atoms with Crippen molar-refractivity contribution < 1.29 is 9.90 Å². The smallest absolute Gasteiger partial charge is 0.221 e. The van der Waals surface area contributed by atoms with Crippen LogP contribution in [0.2, 0.25) is 0 Å². The second kappa shape index (κ2) is 4.96. The van der Waals surface area contributed by atoms with E-state index < -0.39 is 0 Å². The number of phenols is 1. The maximum Gasteiger partial charge on any atom is 0.221 e. The van der Waals surface area contributed by atoms with Crippen molar-refractivity contribution in [2.45, 2.75) is 13.8 Å². The Morgan fingerprint density at radius 3 is 2.61 bits per heavy atom. The predicted octanol–water partition coefficient (Wildman–Crippen LogP) is 2.94. The summed E-state index contributed by atoms with van der Waals surface area (Å²) in [6.45, 7) is 4.25. The summed E-state index contributed by atoms with van der Waals surface area (Å²) in [5.74, 6) is -0.102. The van der Waals surface area contributed by atoms with Gasteiger partial charge in [-0.05, 0) is 25.1 Å². The highest BCUT2D eigenvalue weighted by Gasteiger charge is 2.09. The molecule has 3 N–H and O–H groups in total. The number of benzene rings is 2. The van der Waals surface area contributed by atoms with Gasteiger partial charge in [-0.25, -0.2) is 0 Å². The maximum atomic E-state index is 11.0. The van der Waals surface area contributed by atoms with Gasteiger partial charge in [0.25, 0.3) is 0 Å². The summed E-state index contributed by atoms with van der Waals surface area (Å²) in [4.78, 5) is 11.0. The molecule has 2 rings (SSSR count). The molecule has 18 heavy (non-hydrogen) atoms. The van der Waals surface area contributed by atoms with E-state index in [9.17, 15) is 9.90 Å². The number of anilines is 2. The van der Waals surface area contributed by atoms with Crippen molar-refractivity contribution in [3.63, 3.8) is 0 Å². The Hall–Kier alpha value is -2.23. The highest BCUT2D eigenvalue weighted by atomic mass is 16.3. The van der Waals surface area contributed by atoms with Crippen molar-refractivity contribution in [2.75, 3.05) is 17.2 Å². The van der Waals surface area contributed by atoms with Crippen LogP contribution in [0.3, 0.4) is 0 Å². The second-order valence-electron chi connectivity index (χ2n) is 4.07. The SMILES string of the molecule is CCNc1cccc2c(O)c(NC(C)=O)ccc12. The number of carbonyl (C=O) groups is 1. The minimum atomic E-state index is -0.201. The van der Waals surface area contributed by atoms with E-state index in [4.69, 9.17) is 0 Å². The molecule has 4 heteroatoms. The van der Waals surface area contributed by atoms with Crippen molar-refractivity contribution in [1.29, 1.82) is 0 Å². The summed E-state index contributed by atoms with van der Waals surface area (Å²) in [6.07, 6.45) is 0. The molecule has 0 radical (unpaired) electrons. The standard InChI is InChI=1S/C14H16N2O2/c1-3-15-12-6-4-5-11-10(12)7-8-13(14(11)18)16-9(2)17/h4-8,15,18H,3H2,1-2H3,(H,16,17). The fraction of sp³-hybridized carbons (Fsp3) is 0.214. The lowest BCUT2D eigenvalue weighted by Crippen LogP contribution is -2.06. The molecule has 0 saturated carbocycles. The molecule has 2 aromatic rings. The molecule has 0 aromatic heterocycles. The largest absolute Gasteiger partial charge is 0.505 e. The lowest BCUT2D eigenvalue weighted by atomic mass is 10.1. The van der Waals surface area contributed by atoms with Gasteiger partial charge in [0.1, 0.15) is 5.75 Å². The third kappa shape index (κ3) is 2.22. The number of amides is 1. The quantitative estimate of drug-likeness (QED) is 0.727. The van der Waals surface area contributed by atoms with Gasteiger partial charge in [-0.1, -0.05) is 12.1 Å². The monoisotopic (exact) mass is 244 g/mol. The molecule has 94 valence electrons. The van der Waals surface area contributed by atoms with E-state index in [1.54, 1.807) is 6.07 Å². The number of phenolic OH excluding ortho intramolecular Hbond substituents is 1. The van der Waals surface area contributed by atoms with Crippen molar-refractivity contribution in [3.05, 3.63) is 30.3 Å². The molecule has 0 atom stereocenters. The van der Waals surface area contributed by atoms with Crippen LogP contribution in [0.4, 0.5) is 11.4 Å². The first-order valence-electron chi connectivity index (χ1n) is 5.89. The summed E-state index contributed by atoms with van der Waals surface area (Å²) in [5, 5.41) is 17.7. The van der Waals surface area contributed by atoms with Crippen LogP contribution in [-0.2, 0) is 4.79 Å². The van der Waals surface area contributed by atoms with E-state index in [0.29, 0.717) is 5.69 Å². The summed E-state index contributed by atoms with van der Waals surface area (Å²) < 4.78 is 0. The van der Waals surface area contributed by atoms with Crippen LogP contribution in [0.15, 0.2) is 30.3 Å². The zero-order valence-electron chi connectivity index (χ0n) is 10.4. The van der Waals surface area contributed by atoms with Crippen LogP contribution in [-0.4, -0.2) is 17.6 Å². The first kappa shape index (κ1) is 12.2. The zero-order valence-corrected chi connectivity index (χ0v) is 10.4.